The van der Waals surface area contributed by atoms with Crippen LogP contribution in [-0.2, 0) is 0 Å². The Morgan fingerprint density at radius 2 is 1.81 bits per heavy atom. The zero-order valence-electron chi connectivity index (χ0n) is 11.2. The minimum absolute atomic E-state index is 0.256. The van der Waals surface area contributed by atoms with E-state index in [4.69, 9.17) is 33.5 Å². The van der Waals surface area contributed by atoms with Crippen LogP contribution in [0.3, 0.4) is 0 Å². The maximum atomic E-state index is 6.09. The highest BCUT2D eigenvalue weighted by Crippen LogP contribution is 2.39. The summed E-state index contributed by atoms with van der Waals surface area (Å²) in [5.41, 5.74) is 10.2. The van der Waals surface area contributed by atoms with Gasteiger partial charge >= 0.3 is 0 Å². The van der Waals surface area contributed by atoms with Gasteiger partial charge in [0, 0.05) is 5.56 Å². The largest absolute Gasteiger partial charge is 0.367 e. The number of anilines is 1. The molecule has 0 unspecified atom stereocenters. The number of aromatic nitrogens is 1. The second kappa shape index (κ2) is 5.43. The molecular weight excluding hydrogens is 307 g/mol. The van der Waals surface area contributed by atoms with Crippen LogP contribution in [0.25, 0.3) is 22.4 Å². The predicted octanol–water partition coefficient (Wildman–Crippen LogP) is 5.21. The fraction of sp³-hybridized carbons (Fsp3) is 0.0625. The van der Waals surface area contributed by atoms with Crippen LogP contribution in [0, 0.1) is 6.92 Å². The van der Waals surface area contributed by atoms with E-state index in [1.807, 2.05) is 37.3 Å². The van der Waals surface area contributed by atoms with Gasteiger partial charge in [-0.1, -0.05) is 58.7 Å². The molecule has 0 amide bonds. The first-order valence-electron chi connectivity index (χ1n) is 6.34. The van der Waals surface area contributed by atoms with Gasteiger partial charge in [-0.2, -0.15) is 0 Å². The zero-order chi connectivity index (χ0) is 15.0. The van der Waals surface area contributed by atoms with Gasteiger partial charge in [0.05, 0.1) is 15.6 Å². The smallest absolute Gasteiger partial charge is 0.230 e. The Kier molecular flexibility index (Phi) is 3.62. The second-order valence-electron chi connectivity index (χ2n) is 4.71. The first-order chi connectivity index (χ1) is 10.1. The van der Waals surface area contributed by atoms with E-state index in [1.54, 1.807) is 12.1 Å². The lowest BCUT2D eigenvalue weighted by Crippen LogP contribution is -1.89. The number of hydrogen-bond acceptors (Lipinski definition) is 3. The molecule has 1 aromatic heterocycles. The first-order valence-corrected chi connectivity index (χ1v) is 7.10. The molecule has 3 rings (SSSR count). The van der Waals surface area contributed by atoms with Gasteiger partial charge in [0.2, 0.25) is 5.88 Å². The molecule has 5 heteroatoms. The second-order valence-corrected chi connectivity index (χ2v) is 5.53. The van der Waals surface area contributed by atoms with Crippen molar-refractivity contribution in [1.29, 1.82) is 0 Å². The van der Waals surface area contributed by atoms with Crippen LogP contribution >= 0.6 is 23.2 Å². The van der Waals surface area contributed by atoms with Gasteiger partial charge in [-0.25, -0.2) is 0 Å². The molecule has 0 atom stereocenters. The highest BCUT2D eigenvalue weighted by Gasteiger charge is 2.19. The van der Waals surface area contributed by atoms with Crippen LogP contribution in [0.1, 0.15) is 5.56 Å². The van der Waals surface area contributed by atoms with Crippen molar-refractivity contribution in [1.82, 2.24) is 5.16 Å². The maximum Gasteiger partial charge on any atom is 0.230 e. The molecule has 0 fully saturated rings. The average Bonchev–Trinajstić information content (AvgIpc) is 2.84. The van der Waals surface area contributed by atoms with Gasteiger partial charge in [0.1, 0.15) is 5.69 Å². The highest BCUT2D eigenvalue weighted by molar-refractivity contribution is 6.42. The summed E-state index contributed by atoms with van der Waals surface area (Å²) in [5.74, 6) is 0.256. The van der Waals surface area contributed by atoms with Gasteiger partial charge in [-0.3, -0.25) is 0 Å². The monoisotopic (exact) mass is 318 g/mol. The van der Waals surface area contributed by atoms with Crippen LogP contribution in [0.5, 0.6) is 0 Å². The van der Waals surface area contributed by atoms with E-state index in [-0.39, 0.29) is 5.88 Å². The summed E-state index contributed by atoms with van der Waals surface area (Å²) in [5, 5.41) is 5.06. The highest BCUT2D eigenvalue weighted by atomic mass is 35.5. The van der Waals surface area contributed by atoms with Gasteiger partial charge in [0.15, 0.2) is 0 Å². The SMILES string of the molecule is Cc1ccccc1-c1noc(N)c1-c1ccc(Cl)c(Cl)c1. The number of benzene rings is 2. The maximum absolute atomic E-state index is 6.09. The standard InChI is InChI=1S/C16H12Cl2N2O/c1-9-4-2-3-5-11(9)15-14(16(19)21-20-15)10-6-7-12(17)13(18)8-10/h2-8H,19H2,1H3. The number of hydrogen-bond donors (Lipinski definition) is 1. The van der Waals surface area contributed by atoms with E-state index in [2.05, 4.69) is 5.16 Å². The summed E-state index contributed by atoms with van der Waals surface area (Å²) in [6, 6.07) is 13.3. The first kappa shape index (κ1) is 14.0. The third kappa shape index (κ3) is 2.50. The molecule has 0 saturated carbocycles. The molecule has 2 aromatic carbocycles. The topological polar surface area (TPSA) is 52.0 Å². The fourth-order valence-electron chi connectivity index (χ4n) is 2.26. The number of nitrogens with two attached hydrogens (primary N) is 1. The van der Waals surface area contributed by atoms with Crippen molar-refractivity contribution in [2.24, 2.45) is 0 Å². The minimum Gasteiger partial charge on any atom is -0.367 e. The van der Waals surface area contributed by atoms with Gasteiger partial charge in [0.25, 0.3) is 0 Å². The average molecular weight is 319 g/mol. The number of halogens is 2. The third-order valence-electron chi connectivity index (χ3n) is 3.33. The Morgan fingerprint density at radius 3 is 2.52 bits per heavy atom. The van der Waals surface area contributed by atoms with E-state index in [9.17, 15) is 0 Å². The molecule has 106 valence electrons. The molecule has 3 nitrogen and oxygen atoms in total. The van der Waals surface area contributed by atoms with Gasteiger partial charge in [-0.05, 0) is 30.2 Å². The molecule has 0 spiro atoms. The Bertz CT molecular complexity index is 812. The minimum atomic E-state index is 0.256. The van der Waals surface area contributed by atoms with Crippen LogP contribution in [0.4, 0.5) is 5.88 Å². The van der Waals surface area contributed by atoms with E-state index in [1.165, 1.54) is 0 Å². The molecule has 1 heterocycles. The summed E-state index contributed by atoms with van der Waals surface area (Å²) in [6.07, 6.45) is 0. The number of rotatable bonds is 2. The van der Waals surface area contributed by atoms with Crippen molar-refractivity contribution < 1.29 is 4.52 Å². The van der Waals surface area contributed by atoms with Crippen LogP contribution in [0.15, 0.2) is 47.0 Å². The van der Waals surface area contributed by atoms with Crippen LogP contribution in [-0.4, -0.2) is 5.16 Å². The zero-order valence-corrected chi connectivity index (χ0v) is 12.7. The lowest BCUT2D eigenvalue weighted by molar-refractivity contribution is 0.439. The Labute approximate surface area is 132 Å². The molecule has 0 radical (unpaired) electrons. The van der Waals surface area contributed by atoms with Crippen molar-refractivity contribution in [2.45, 2.75) is 6.92 Å². The summed E-state index contributed by atoms with van der Waals surface area (Å²) in [7, 11) is 0. The normalized spacial score (nSPS) is 10.8. The summed E-state index contributed by atoms with van der Waals surface area (Å²) in [6.45, 7) is 2.01. The lowest BCUT2D eigenvalue weighted by atomic mass is 9.98. The molecule has 0 saturated heterocycles. The van der Waals surface area contributed by atoms with Crippen LogP contribution in [0.2, 0.25) is 10.0 Å². The number of aryl methyl sites for hydroxylation is 1. The van der Waals surface area contributed by atoms with Gasteiger partial charge < -0.3 is 10.3 Å². The van der Waals surface area contributed by atoms with Crippen molar-refractivity contribution >= 4 is 29.1 Å². The molecular formula is C16H12Cl2N2O. The quantitative estimate of drug-likeness (QED) is 0.706. The van der Waals surface area contributed by atoms with E-state index < -0.39 is 0 Å². The number of nitrogens with zero attached hydrogens (tertiary/aromatic N) is 1. The third-order valence-corrected chi connectivity index (χ3v) is 4.07. The summed E-state index contributed by atoms with van der Waals surface area (Å²) in [4.78, 5) is 0. The van der Waals surface area contributed by atoms with Crippen molar-refractivity contribution in [2.75, 3.05) is 5.73 Å². The van der Waals surface area contributed by atoms with Crippen molar-refractivity contribution in [3.05, 3.63) is 58.1 Å². The van der Waals surface area contributed by atoms with Gasteiger partial charge in [-0.15, -0.1) is 0 Å². The molecule has 0 aliphatic heterocycles. The fourth-order valence-corrected chi connectivity index (χ4v) is 2.55. The molecule has 21 heavy (non-hydrogen) atoms. The Balaban J connectivity index is 2.22. The van der Waals surface area contributed by atoms with Crippen molar-refractivity contribution in [3.8, 4) is 22.4 Å². The summed E-state index contributed by atoms with van der Waals surface area (Å²) < 4.78 is 5.18. The van der Waals surface area contributed by atoms with E-state index >= 15 is 0 Å². The van der Waals surface area contributed by atoms with Crippen molar-refractivity contribution in [3.63, 3.8) is 0 Å². The molecule has 2 N–H and O–H groups in total. The molecule has 3 aromatic rings. The molecule has 0 aliphatic rings. The predicted molar refractivity (Wildman–Crippen MR) is 86.5 cm³/mol. The van der Waals surface area contributed by atoms with E-state index in [0.717, 1.165) is 22.3 Å². The molecule has 0 aliphatic carbocycles. The summed E-state index contributed by atoms with van der Waals surface area (Å²) >= 11 is 12.1. The lowest BCUT2D eigenvalue weighted by Gasteiger charge is -2.06. The molecule has 0 bridgehead atoms. The Hall–Kier alpha value is -1.97. The van der Waals surface area contributed by atoms with E-state index in [0.29, 0.717) is 15.7 Å². The number of nitrogen functional groups attached to an aromatic ring is 1. The van der Waals surface area contributed by atoms with Crippen LogP contribution < -0.4 is 5.73 Å². The Morgan fingerprint density at radius 1 is 1.05 bits per heavy atom.